The first-order chi connectivity index (χ1) is 5.45. The highest BCUT2D eigenvalue weighted by atomic mass is 32.2. The van der Waals surface area contributed by atoms with E-state index in [4.69, 9.17) is 0 Å². The molecule has 0 atom stereocenters. The van der Waals surface area contributed by atoms with Gasteiger partial charge in [-0.2, -0.15) is 0 Å². The number of hydrogen-bond donors (Lipinski definition) is 0. The van der Waals surface area contributed by atoms with Crippen molar-refractivity contribution in [2.75, 3.05) is 26.5 Å². The number of nitrogens with zero attached hydrogens (tertiary/aromatic N) is 1. The summed E-state index contributed by atoms with van der Waals surface area (Å²) in [4.78, 5) is 12.1. The first-order valence-electron chi connectivity index (χ1n) is 3.47. The number of sulfone groups is 1. The molecule has 0 aromatic carbocycles. The molecule has 0 aliphatic carbocycles. The largest absolute Gasteiger partial charge is 0.453 e. The summed E-state index contributed by atoms with van der Waals surface area (Å²) in [5, 5.41) is -0.406. The molecule has 1 aliphatic heterocycles. The Bertz CT molecular complexity index is 278. The number of ether oxygens (including phenoxy) is 1. The van der Waals surface area contributed by atoms with Crippen molar-refractivity contribution in [1.29, 1.82) is 0 Å². The van der Waals surface area contributed by atoms with E-state index in [9.17, 15) is 13.2 Å². The van der Waals surface area contributed by atoms with Crippen LogP contribution in [0.5, 0.6) is 0 Å². The van der Waals surface area contributed by atoms with Crippen molar-refractivity contribution in [2.45, 2.75) is 5.25 Å². The lowest BCUT2D eigenvalue weighted by Crippen LogP contribution is -2.56. The molecule has 1 rings (SSSR count). The van der Waals surface area contributed by atoms with Crippen LogP contribution in [0.25, 0.3) is 0 Å². The van der Waals surface area contributed by atoms with Gasteiger partial charge in [-0.3, -0.25) is 0 Å². The third-order valence-corrected chi connectivity index (χ3v) is 3.40. The summed E-state index contributed by atoms with van der Waals surface area (Å²) in [7, 11) is -1.72. The van der Waals surface area contributed by atoms with Gasteiger partial charge in [-0.15, -0.1) is 0 Å². The highest BCUT2D eigenvalue weighted by Gasteiger charge is 2.37. The van der Waals surface area contributed by atoms with Gasteiger partial charge in [0, 0.05) is 19.3 Å². The molecular weight excluding hydrogens is 182 g/mol. The van der Waals surface area contributed by atoms with E-state index in [1.807, 2.05) is 0 Å². The zero-order chi connectivity index (χ0) is 9.35. The van der Waals surface area contributed by atoms with Crippen LogP contribution in [0.2, 0.25) is 0 Å². The smallest absolute Gasteiger partial charge is 0.409 e. The molecular formula is C6H11NO4S. The fraction of sp³-hybridized carbons (Fsp3) is 0.833. The van der Waals surface area contributed by atoms with Crippen LogP contribution in [0.4, 0.5) is 4.79 Å². The Balaban J connectivity index is 2.44. The molecule has 1 heterocycles. The predicted octanol–water partition coefficient (Wildman–Crippen LogP) is -0.518. The second-order valence-corrected chi connectivity index (χ2v) is 5.15. The molecule has 0 saturated carbocycles. The number of amides is 1. The van der Waals surface area contributed by atoms with Crippen LogP contribution in [-0.2, 0) is 14.6 Å². The lowest BCUT2D eigenvalue weighted by molar-refractivity contribution is 0.101. The van der Waals surface area contributed by atoms with Crippen LogP contribution in [0.15, 0.2) is 0 Å². The minimum atomic E-state index is -2.99. The third-order valence-electron chi connectivity index (χ3n) is 1.89. The molecule has 70 valence electrons. The second kappa shape index (κ2) is 2.93. The Kier molecular flexibility index (Phi) is 2.27. The van der Waals surface area contributed by atoms with Crippen molar-refractivity contribution in [3.63, 3.8) is 0 Å². The van der Waals surface area contributed by atoms with Crippen molar-refractivity contribution >= 4 is 15.9 Å². The van der Waals surface area contributed by atoms with Crippen LogP contribution in [-0.4, -0.2) is 51.1 Å². The minimum absolute atomic E-state index is 0.255. The molecule has 1 fully saturated rings. The number of likely N-dealkylation sites (tertiary alicyclic amines) is 1. The van der Waals surface area contributed by atoms with E-state index in [2.05, 4.69) is 4.74 Å². The minimum Gasteiger partial charge on any atom is -0.453 e. The van der Waals surface area contributed by atoms with Gasteiger partial charge in [0.05, 0.1) is 12.4 Å². The van der Waals surface area contributed by atoms with Crippen LogP contribution in [0, 0.1) is 0 Å². The molecule has 6 heteroatoms. The highest BCUT2D eigenvalue weighted by Crippen LogP contribution is 2.15. The monoisotopic (exact) mass is 193 g/mol. The lowest BCUT2D eigenvalue weighted by Gasteiger charge is -2.36. The van der Waals surface area contributed by atoms with Gasteiger partial charge in [0.15, 0.2) is 9.84 Å². The topological polar surface area (TPSA) is 63.7 Å². The summed E-state index contributed by atoms with van der Waals surface area (Å²) in [5.74, 6) is 0. The summed E-state index contributed by atoms with van der Waals surface area (Å²) in [5.41, 5.74) is 0. The maximum absolute atomic E-state index is 10.9. The lowest BCUT2D eigenvalue weighted by atomic mass is 10.2. The van der Waals surface area contributed by atoms with Crippen LogP contribution < -0.4 is 0 Å². The van der Waals surface area contributed by atoms with Gasteiger partial charge in [0.1, 0.15) is 0 Å². The Morgan fingerprint density at radius 1 is 1.50 bits per heavy atom. The third kappa shape index (κ3) is 1.69. The molecule has 0 bridgehead atoms. The zero-order valence-electron chi connectivity index (χ0n) is 6.98. The zero-order valence-corrected chi connectivity index (χ0v) is 7.80. The average molecular weight is 193 g/mol. The Morgan fingerprint density at radius 3 is 2.33 bits per heavy atom. The molecule has 0 aromatic rings. The van der Waals surface area contributed by atoms with Crippen molar-refractivity contribution in [2.24, 2.45) is 0 Å². The van der Waals surface area contributed by atoms with E-state index in [0.29, 0.717) is 0 Å². The van der Waals surface area contributed by atoms with Crippen LogP contribution in [0.3, 0.4) is 0 Å². The molecule has 1 saturated heterocycles. The standard InChI is InChI=1S/C6H11NO4S/c1-11-6(8)7-3-5(4-7)12(2,9)10/h5H,3-4H2,1-2H3. The first kappa shape index (κ1) is 9.31. The van der Waals surface area contributed by atoms with Gasteiger partial charge in [0.2, 0.25) is 0 Å². The van der Waals surface area contributed by atoms with Gasteiger partial charge in [-0.05, 0) is 0 Å². The van der Waals surface area contributed by atoms with Gasteiger partial charge in [-0.1, -0.05) is 0 Å². The average Bonchev–Trinajstić information content (AvgIpc) is 1.80. The second-order valence-electron chi connectivity index (χ2n) is 2.83. The van der Waals surface area contributed by atoms with Gasteiger partial charge in [-0.25, -0.2) is 13.2 Å². The maximum Gasteiger partial charge on any atom is 0.409 e. The summed E-state index contributed by atoms with van der Waals surface area (Å²) in [6.07, 6.45) is 0.710. The molecule has 0 radical (unpaired) electrons. The van der Waals surface area contributed by atoms with Crippen LogP contribution >= 0.6 is 0 Å². The van der Waals surface area contributed by atoms with Crippen molar-refractivity contribution in [1.82, 2.24) is 4.90 Å². The van der Waals surface area contributed by atoms with E-state index < -0.39 is 21.2 Å². The molecule has 1 aliphatic rings. The SMILES string of the molecule is COC(=O)N1CC(S(C)(=O)=O)C1. The summed E-state index contributed by atoms with van der Waals surface area (Å²) >= 11 is 0. The maximum atomic E-state index is 10.9. The molecule has 5 nitrogen and oxygen atoms in total. The molecule has 0 spiro atoms. The Labute approximate surface area is 71.2 Å². The van der Waals surface area contributed by atoms with Gasteiger partial charge >= 0.3 is 6.09 Å². The van der Waals surface area contributed by atoms with Crippen LogP contribution in [0.1, 0.15) is 0 Å². The summed E-state index contributed by atoms with van der Waals surface area (Å²) in [6, 6.07) is 0. The number of rotatable bonds is 1. The fourth-order valence-corrected chi connectivity index (χ4v) is 1.89. The van der Waals surface area contributed by atoms with Crippen molar-refractivity contribution in [3.8, 4) is 0 Å². The molecule has 1 amide bonds. The Hall–Kier alpha value is -0.780. The Morgan fingerprint density at radius 2 is 2.00 bits per heavy atom. The normalized spacial score (nSPS) is 18.7. The summed E-state index contributed by atoms with van der Waals surface area (Å²) in [6.45, 7) is 0.511. The quantitative estimate of drug-likeness (QED) is 0.562. The predicted molar refractivity (Wildman–Crippen MR) is 42.6 cm³/mol. The van der Waals surface area contributed by atoms with Crippen molar-refractivity contribution < 1.29 is 17.9 Å². The summed E-state index contributed by atoms with van der Waals surface area (Å²) < 4.78 is 26.2. The van der Waals surface area contributed by atoms with E-state index in [1.165, 1.54) is 18.3 Å². The molecule has 0 aromatic heterocycles. The van der Waals surface area contributed by atoms with E-state index in [0.717, 1.165) is 0 Å². The van der Waals surface area contributed by atoms with Gasteiger partial charge < -0.3 is 9.64 Å². The number of hydrogen-bond acceptors (Lipinski definition) is 4. The van der Waals surface area contributed by atoms with Crippen molar-refractivity contribution in [3.05, 3.63) is 0 Å². The first-order valence-corrected chi connectivity index (χ1v) is 5.42. The number of carbonyl (C=O) groups excluding carboxylic acids is 1. The molecule has 0 N–H and O–H groups in total. The number of methoxy groups -OCH3 is 1. The van der Waals surface area contributed by atoms with E-state index in [1.54, 1.807) is 0 Å². The van der Waals surface area contributed by atoms with Gasteiger partial charge in [0.25, 0.3) is 0 Å². The van der Waals surface area contributed by atoms with E-state index >= 15 is 0 Å². The highest BCUT2D eigenvalue weighted by molar-refractivity contribution is 7.91. The molecule has 0 unspecified atom stereocenters. The number of carbonyl (C=O) groups is 1. The van der Waals surface area contributed by atoms with E-state index in [-0.39, 0.29) is 13.1 Å². The fourth-order valence-electron chi connectivity index (χ4n) is 0.987. The molecule has 12 heavy (non-hydrogen) atoms.